The quantitative estimate of drug-likeness (QED) is 0.613. The van der Waals surface area contributed by atoms with Crippen LogP contribution in [0.3, 0.4) is 0 Å². The first-order chi connectivity index (χ1) is 12.7. The molecular weight excluding hydrogens is 385 g/mol. The van der Waals surface area contributed by atoms with E-state index < -0.39 is 24.7 Å². The van der Waals surface area contributed by atoms with Crippen LogP contribution < -0.4 is 10.6 Å². The number of carbonyl (C=O) groups excluding carboxylic acids is 1. The number of nitrogens with zero attached hydrogens (tertiary/aromatic N) is 3. The molecule has 0 aliphatic heterocycles. The molecule has 0 saturated carbocycles. The average molecular weight is 399 g/mol. The summed E-state index contributed by atoms with van der Waals surface area (Å²) in [6, 6.07) is 2.30. The fourth-order valence-corrected chi connectivity index (χ4v) is 2.52. The number of H-pyrrole nitrogens is 1. The number of hydrogen-bond donors (Lipinski definition) is 3. The topological polar surface area (TPSA) is 95.6 Å². The number of carbonyl (C=O) groups is 1. The minimum atomic E-state index is -4.47. The Kier molecular flexibility index (Phi) is 5.17. The van der Waals surface area contributed by atoms with E-state index in [1.807, 2.05) is 5.32 Å². The predicted octanol–water partition coefficient (Wildman–Crippen LogP) is 3.15. The summed E-state index contributed by atoms with van der Waals surface area (Å²) in [7, 11) is 0. The summed E-state index contributed by atoms with van der Waals surface area (Å²) in [6.45, 7) is 0.0405. The lowest BCUT2D eigenvalue weighted by Gasteiger charge is -2.15. The Bertz CT molecular complexity index is 974. The van der Waals surface area contributed by atoms with Crippen molar-refractivity contribution in [2.24, 2.45) is 0 Å². The molecule has 0 aromatic carbocycles. The van der Waals surface area contributed by atoms with Gasteiger partial charge in [0, 0.05) is 29.5 Å². The van der Waals surface area contributed by atoms with Gasteiger partial charge in [-0.25, -0.2) is 15.0 Å². The summed E-state index contributed by atoms with van der Waals surface area (Å²) in [5.41, 5.74) is 1.26. The summed E-state index contributed by atoms with van der Waals surface area (Å²) in [5.74, 6) is -0.159. The van der Waals surface area contributed by atoms with E-state index in [1.165, 1.54) is 25.4 Å². The van der Waals surface area contributed by atoms with Crippen molar-refractivity contribution in [1.82, 2.24) is 25.3 Å². The summed E-state index contributed by atoms with van der Waals surface area (Å²) in [5, 5.41) is 5.74. The summed E-state index contributed by atoms with van der Waals surface area (Å²) in [4.78, 5) is 27.4. The van der Waals surface area contributed by atoms with Crippen LogP contribution in [0.5, 0.6) is 0 Å². The molecule has 3 aromatic rings. The zero-order valence-corrected chi connectivity index (χ0v) is 14.7. The molecule has 0 fully saturated rings. The number of aromatic amines is 1. The van der Waals surface area contributed by atoms with Crippen LogP contribution in [0.15, 0.2) is 30.7 Å². The lowest BCUT2D eigenvalue weighted by molar-refractivity contribution is -0.138. The molecule has 1 amide bonds. The van der Waals surface area contributed by atoms with Gasteiger partial charge >= 0.3 is 6.18 Å². The minimum Gasteiger partial charge on any atom is -0.359 e. The van der Waals surface area contributed by atoms with E-state index in [0.29, 0.717) is 27.9 Å². The van der Waals surface area contributed by atoms with Crippen molar-refractivity contribution in [3.8, 4) is 11.4 Å². The Labute approximate surface area is 156 Å². The number of anilines is 1. The third-order valence-electron chi connectivity index (χ3n) is 3.61. The summed E-state index contributed by atoms with van der Waals surface area (Å²) < 4.78 is 36.6. The molecule has 0 spiro atoms. The fourth-order valence-electron chi connectivity index (χ4n) is 2.36. The maximum atomic E-state index is 12.2. The van der Waals surface area contributed by atoms with Gasteiger partial charge in [-0.15, -0.1) is 0 Å². The van der Waals surface area contributed by atoms with Crippen LogP contribution in [0.1, 0.15) is 6.92 Å². The number of nitrogens with one attached hydrogen (secondary N) is 3. The smallest absolute Gasteiger partial charge is 0.359 e. The largest absolute Gasteiger partial charge is 0.405 e. The van der Waals surface area contributed by atoms with Crippen molar-refractivity contribution in [3.63, 3.8) is 0 Å². The number of hydrogen-bond acceptors (Lipinski definition) is 5. The summed E-state index contributed by atoms with van der Waals surface area (Å²) >= 11 is 5.98. The molecule has 7 nitrogen and oxygen atoms in total. The van der Waals surface area contributed by atoms with Gasteiger partial charge in [-0.2, -0.15) is 13.2 Å². The molecular formula is C16H14ClF3N6O. The van der Waals surface area contributed by atoms with Gasteiger partial charge in [-0.05, 0) is 19.1 Å². The number of halogens is 4. The van der Waals surface area contributed by atoms with Crippen molar-refractivity contribution in [2.45, 2.75) is 19.1 Å². The molecule has 0 radical (unpaired) electrons. The fraction of sp³-hybridized carbons (Fsp3) is 0.250. The maximum absolute atomic E-state index is 12.2. The highest BCUT2D eigenvalue weighted by molar-refractivity contribution is 6.31. The number of fused-ring (bicyclic) bond motifs is 1. The monoisotopic (exact) mass is 398 g/mol. The second-order valence-corrected chi connectivity index (χ2v) is 6.15. The Balaban J connectivity index is 1.77. The highest BCUT2D eigenvalue weighted by Gasteiger charge is 2.28. The van der Waals surface area contributed by atoms with E-state index in [9.17, 15) is 18.0 Å². The lowest BCUT2D eigenvalue weighted by Crippen LogP contribution is -2.42. The average Bonchev–Trinajstić information content (AvgIpc) is 3.02. The first kappa shape index (κ1) is 18.9. The molecule has 142 valence electrons. The first-order valence-electron chi connectivity index (χ1n) is 7.80. The number of rotatable bonds is 5. The molecule has 0 bridgehead atoms. The maximum Gasteiger partial charge on any atom is 0.405 e. The number of amides is 1. The van der Waals surface area contributed by atoms with Crippen molar-refractivity contribution in [1.29, 1.82) is 0 Å². The molecule has 3 rings (SSSR count). The van der Waals surface area contributed by atoms with Crippen LogP contribution in [0, 0.1) is 0 Å². The molecule has 1 atom stereocenters. The number of pyridine rings is 1. The molecule has 3 N–H and O–H groups in total. The molecule has 3 aromatic heterocycles. The molecule has 3 heterocycles. The van der Waals surface area contributed by atoms with E-state index in [2.05, 4.69) is 25.3 Å². The van der Waals surface area contributed by atoms with E-state index in [-0.39, 0.29) is 0 Å². The third-order valence-corrected chi connectivity index (χ3v) is 3.82. The molecule has 0 aliphatic carbocycles. The highest BCUT2D eigenvalue weighted by atomic mass is 35.5. The van der Waals surface area contributed by atoms with Crippen LogP contribution in [-0.4, -0.2) is 44.6 Å². The van der Waals surface area contributed by atoms with Crippen molar-refractivity contribution in [3.05, 3.63) is 35.7 Å². The van der Waals surface area contributed by atoms with Gasteiger partial charge in [0.25, 0.3) is 0 Å². The molecule has 11 heteroatoms. The van der Waals surface area contributed by atoms with Gasteiger partial charge in [0.2, 0.25) is 5.91 Å². The van der Waals surface area contributed by atoms with Gasteiger partial charge in [0.1, 0.15) is 24.1 Å². The van der Waals surface area contributed by atoms with Gasteiger partial charge in [0.15, 0.2) is 5.82 Å². The third kappa shape index (κ3) is 4.64. The second-order valence-electron chi connectivity index (χ2n) is 5.72. The highest BCUT2D eigenvalue weighted by Crippen LogP contribution is 2.27. The normalized spacial score (nSPS) is 12.8. The van der Waals surface area contributed by atoms with Crippen LogP contribution in [0.4, 0.5) is 19.0 Å². The summed E-state index contributed by atoms with van der Waals surface area (Å²) in [6.07, 6.45) is 0.181. The zero-order chi connectivity index (χ0) is 19.6. The molecule has 0 saturated heterocycles. The van der Waals surface area contributed by atoms with Crippen molar-refractivity contribution >= 4 is 34.4 Å². The Morgan fingerprint density at radius 2 is 2.15 bits per heavy atom. The van der Waals surface area contributed by atoms with Crippen molar-refractivity contribution in [2.75, 3.05) is 11.9 Å². The standard InChI is InChI=1S/C16H14ClF3N6O/c1-8(15(27)24-7-16(18,19)20)25-12-2-3-21-14(26-12)11-6-23-13-10(11)4-9(17)5-22-13/h2-6,8H,7H2,1H3,(H,22,23)(H,24,27)(H,21,25,26). The predicted molar refractivity (Wildman–Crippen MR) is 94.3 cm³/mol. The van der Waals surface area contributed by atoms with E-state index in [0.717, 1.165) is 5.39 Å². The van der Waals surface area contributed by atoms with Crippen LogP contribution >= 0.6 is 11.6 Å². The SMILES string of the molecule is CC(Nc1ccnc(-c2c[nH]c3ncc(Cl)cc23)n1)C(=O)NCC(F)(F)F. The lowest BCUT2D eigenvalue weighted by atomic mass is 10.2. The van der Waals surface area contributed by atoms with Gasteiger partial charge in [-0.1, -0.05) is 11.6 Å². The van der Waals surface area contributed by atoms with Gasteiger partial charge in [0.05, 0.1) is 5.02 Å². The molecule has 1 unspecified atom stereocenters. The Morgan fingerprint density at radius 1 is 1.37 bits per heavy atom. The number of alkyl halides is 3. The Hall–Kier alpha value is -2.88. The van der Waals surface area contributed by atoms with Crippen molar-refractivity contribution < 1.29 is 18.0 Å². The van der Waals surface area contributed by atoms with E-state index >= 15 is 0 Å². The van der Waals surface area contributed by atoms with E-state index in [1.54, 1.807) is 12.3 Å². The minimum absolute atomic E-state index is 0.291. The van der Waals surface area contributed by atoms with Crippen LogP contribution in [0.2, 0.25) is 5.02 Å². The second kappa shape index (κ2) is 7.39. The first-order valence-corrected chi connectivity index (χ1v) is 8.18. The van der Waals surface area contributed by atoms with Gasteiger partial charge < -0.3 is 15.6 Å². The Morgan fingerprint density at radius 3 is 2.89 bits per heavy atom. The van der Waals surface area contributed by atoms with Crippen LogP contribution in [0.25, 0.3) is 22.4 Å². The van der Waals surface area contributed by atoms with Crippen LogP contribution in [-0.2, 0) is 4.79 Å². The zero-order valence-electron chi connectivity index (χ0n) is 13.9. The molecule has 0 aliphatic rings. The number of aromatic nitrogens is 4. The van der Waals surface area contributed by atoms with Gasteiger partial charge in [-0.3, -0.25) is 4.79 Å². The molecule has 27 heavy (non-hydrogen) atoms. The van der Waals surface area contributed by atoms with E-state index in [4.69, 9.17) is 11.6 Å².